The highest BCUT2D eigenvalue weighted by Gasteiger charge is 2.24. The lowest BCUT2D eigenvalue weighted by atomic mass is 10.3. The van der Waals surface area contributed by atoms with Gasteiger partial charge in [0.25, 0.3) is 16.4 Å². The van der Waals surface area contributed by atoms with Gasteiger partial charge in [0.15, 0.2) is 5.82 Å². The molecule has 5 nitrogen and oxygen atoms in total. The van der Waals surface area contributed by atoms with E-state index in [1.807, 2.05) is 0 Å². The molecule has 0 amide bonds. The maximum atomic E-state index is 13.1. The molecule has 2 N–H and O–H groups in total. The number of aromatic nitrogens is 1. The molecule has 9 heteroatoms. The summed E-state index contributed by atoms with van der Waals surface area (Å²) < 4.78 is 64.0. The van der Waals surface area contributed by atoms with Crippen LogP contribution in [-0.2, 0) is 10.0 Å². The van der Waals surface area contributed by atoms with Crippen LogP contribution in [0.25, 0.3) is 0 Å². The highest BCUT2D eigenvalue weighted by atomic mass is 32.2. The molecule has 0 spiro atoms. The molecule has 0 aliphatic carbocycles. The number of primary sulfonamides is 1. The van der Waals surface area contributed by atoms with E-state index in [-0.39, 0.29) is 0 Å². The van der Waals surface area contributed by atoms with Gasteiger partial charge in [-0.1, -0.05) is 0 Å². The number of sulfonamides is 1. The molecule has 0 aliphatic rings. The SMILES string of the molecule is COc1cc(F)c(S(N)(=O)=O)nc1C(F)F. The zero-order chi connectivity index (χ0) is 12.5. The summed E-state index contributed by atoms with van der Waals surface area (Å²) in [5, 5.41) is 3.37. The summed E-state index contributed by atoms with van der Waals surface area (Å²) in [4.78, 5) is 2.95. The molecule has 0 saturated carbocycles. The van der Waals surface area contributed by atoms with E-state index in [9.17, 15) is 21.6 Å². The van der Waals surface area contributed by atoms with Gasteiger partial charge < -0.3 is 4.74 Å². The van der Waals surface area contributed by atoms with E-state index in [0.29, 0.717) is 6.07 Å². The Hall–Kier alpha value is -1.35. The lowest BCUT2D eigenvalue weighted by Gasteiger charge is -2.08. The molecule has 0 atom stereocenters. The van der Waals surface area contributed by atoms with Gasteiger partial charge in [-0.15, -0.1) is 0 Å². The smallest absolute Gasteiger partial charge is 0.284 e. The van der Waals surface area contributed by atoms with E-state index >= 15 is 0 Å². The highest BCUT2D eigenvalue weighted by Crippen LogP contribution is 2.29. The van der Waals surface area contributed by atoms with Crippen molar-refractivity contribution in [2.75, 3.05) is 7.11 Å². The molecule has 1 aromatic heterocycles. The molecule has 0 bridgehead atoms. The van der Waals surface area contributed by atoms with Crippen molar-refractivity contribution in [3.63, 3.8) is 0 Å². The minimum absolute atomic E-state index is 0.494. The predicted molar refractivity (Wildman–Crippen MR) is 47.1 cm³/mol. The number of halogens is 3. The third-order valence-corrected chi connectivity index (χ3v) is 2.46. The van der Waals surface area contributed by atoms with Gasteiger partial charge in [0.1, 0.15) is 11.4 Å². The van der Waals surface area contributed by atoms with Crippen LogP contribution >= 0.6 is 0 Å². The summed E-state index contributed by atoms with van der Waals surface area (Å²) in [5.41, 5.74) is -0.979. The monoisotopic (exact) mass is 256 g/mol. The number of methoxy groups -OCH3 is 1. The summed E-state index contributed by atoms with van der Waals surface area (Å²) in [5.74, 6) is -1.89. The number of nitrogens with zero attached hydrogens (tertiary/aromatic N) is 1. The van der Waals surface area contributed by atoms with Crippen molar-refractivity contribution in [3.05, 3.63) is 17.6 Å². The van der Waals surface area contributed by atoms with Gasteiger partial charge in [0.2, 0.25) is 5.03 Å². The van der Waals surface area contributed by atoms with Crippen molar-refractivity contribution in [3.8, 4) is 5.75 Å². The maximum Gasteiger partial charge on any atom is 0.284 e. The van der Waals surface area contributed by atoms with Crippen molar-refractivity contribution >= 4 is 10.0 Å². The fourth-order valence-corrected chi connectivity index (χ4v) is 1.54. The molecule has 90 valence electrons. The van der Waals surface area contributed by atoms with Gasteiger partial charge >= 0.3 is 0 Å². The van der Waals surface area contributed by atoms with Crippen molar-refractivity contribution in [2.24, 2.45) is 5.14 Å². The largest absolute Gasteiger partial charge is 0.495 e. The lowest BCUT2D eigenvalue weighted by molar-refractivity contribution is 0.140. The van der Waals surface area contributed by atoms with E-state index in [1.54, 1.807) is 0 Å². The predicted octanol–water partition coefficient (Wildman–Crippen LogP) is 0.814. The average molecular weight is 256 g/mol. The van der Waals surface area contributed by atoms with Gasteiger partial charge in [0, 0.05) is 6.07 Å². The van der Waals surface area contributed by atoms with Crippen LogP contribution < -0.4 is 9.88 Å². The lowest BCUT2D eigenvalue weighted by Crippen LogP contribution is -2.17. The second kappa shape index (κ2) is 4.26. The Morgan fingerprint density at radius 3 is 2.44 bits per heavy atom. The first-order valence-corrected chi connectivity index (χ1v) is 5.37. The number of ether oxygens (including phenoxy) is 1. The number of hydrogen-bond acceptors (Lipinski definition) is 4. The summed E-state index contributed by atoms with van der Waals surface area (Å²) in [6, 6.07) is 0.494. The van der Waals surface area contributed by atoms with E-state index in [4.69, 9.17) is 0 Å². The van der Waals surface area contributed by atoms with Crippen LogP contribution in [0.15, 0.2) is 11.1 Å². The minimum atomic E-state index is -4.49. The Balaban J connectivity index is 3.52. The average Bonchev–Trinajstić information content (AvgIpc) is 2.14. The van der Waals surface area contributed by atoms with Gasteiger partial charge in [0.05, 0.1) is 7.11 Å². The Morgan fingerprint density at radius 2 is 2.06 bits per heavy atom. The third-order valence-electron chi connectivity index (χ3n) is 1.63. The second-order valence-electron chi connectivity index (χ2n) is 2.71. The van der Waals surface area contributed by atoms with Gasteiger partial charge in [-0.25, -0.2) is 31.7 Å². The van der Waals surface area contributed by atoms with E-state index < -0.39 is 38.7 Å². The zero-order valence-corrected chi connectivity index (χ0v) is 8.76. The van der Waals surface area contributed by atoms with Crippen LogP contribution in [0, 0.1) is 5.82 Å². The van der Waals surface area contributed by atoms with Crippen LogP contribution in [-0.4, -0.2) is 20.5 Å². The molecular formula is C7H7F3N2O3S. The molecule has 1 heterocycles. The standard InChI is InChI=1S/C7H7F3N2O3S/c1-15-4-2-3(8)7(16(11,13)14)12-5(4)6(9)10/h2,6H,1H3,(H2,11,13,14). The molecule has 0 unspecified atom stereocenters. The Labute approximate surface area is 89.1 Å². The Bertz CT molecular complexity index is 504. The first-order chi connectivity index (χ1) is 7.27. The van der Waals surface area contributed by atoms with E-state index in [1.165, 1.54) is 0 Å². The summed E-state index contributed by atoms with van der Waals surface area (Å²) in [7, 11) is -3.46. The van der Waals surface area contributed by atoms with Crippen LogP contribution in [0.4, 0.5) is 13.2 Å². The molecule has 0 saturated heterocycles. The van der Waals surface area contributed by atoms with Crippen LogP contribution in [0.2, 0.25) is 0 Å². The summed E-state index contributed by atoms with van der Waals surface area (Å²) in [6.45, 7) is 0. The number of pyridine rings is 1. The first kappa shape index (κ1) is 12.7. The first-order valence-electron chi connectivity index (χ1n) is 3.82. The molecule has 1 aromatic rings. The normalized spacial score (nSPS) is 11.9. The Kier molecular flexibility index (Phi) is 3.38. The number of alkyl halides is 2. The number of nitrogens with two attached hydrogens (primary N) is 1. The third kappa shape index (κ3) is 2.42. The zero-order valence-electron chi connectivity index (χ0n) is 7.95. The van der Waals surface area contributed by atoms with Crippen LogP contribution in [0.1, 0.15) is 12.1 Å². The summed E-state index contributed by atoms with van der Waals surface area (Å²) >= 11 is 0. The molecule has 0 fully saturated rings. The molecule has 1 rings (SSSR count). The second-order valence-corrected chi connectivity index (χ2v) is 4.19. The summed E-state index contributed by atoms with van der Waals surface area (Å²) in [6.07, 6.45) is -3.10. The van der Waals surface area contributed by atoms with Gasteiger partial charge in [-0.05, 0) is 0 Å². The number of rotatable bonds is 3. The van der Waals surface area contributed by atoms with Crippen molar-refractivity contribution < 1.29 is 26.3 Å². The van der Waals surface area contributed by atoms with E-state index in [0.717, 1.165) is 7.11 Å². The van der Waals surface area contributed by atoms with Crippen LogP contribution in [0.3, 0.4) is 0 Å². The van der Waals surface area contributed by atoms with Gasteiger partial charge in [-0.2, -0.15) is 0 Å². The number of hydrogen-bond donors (Lipinski definition) is 1. The van der Waals surface area contributed by atoms with E-state index in [2.05, 4.69) is 14.9 Å². The van der Waals surface area contributed by atoms with Crippen molar-refractivity contribution in [2.45, 2.75) is 11.5 Å². The highest BCUT2D eigenvalue weighted by molar-refractivity contribution is 7.89. The molecule has 16 heavy (non-hydrogen) atoms. The topological polar surface area (TPSA) is 82.3 Å². The van der Waals surface area contributed by atoms with Crippen molar-refractivity contribution in [1.29, 1.82) is 0 Å². The Morgan fingerprint density at radius 1 is 1.50 bits per heavy atom. The molecule has 0 aliphatic heterocycles. The van der Waals surface area contributed by atoms with Crippen LogP contribution in [0.5, 0.6) is 5.75 Å². The van der Waals surface area contributed by atoms with Crippen molar-refractivity contribution in [1.82, 2.24) is 4.98 Å². The maximum absolute atomic E-state index is 13.1. The quantitative estimate of drug-likeness (QED) is 0.867. The fourth-order valence-electron chi connectivity index (χ4n) is 0.988. The minimum Gasteiger partial charge on any atom is -0.495 e. The molecule has 0 radical (unpaired) electrons. The molecule has 0 aromatic carbocycles. The fraction of sp³-hybridized carbons (Fsp3) is 0.286. The molecular weight excluding hydrogens is 249 g/mol. The van der Waals surface area contributed by atoms with Gasteiger partial charge in [-0.3, -0.25) is 0 Å².